The minimum Gasteiger partial charge on any atom is -0.444 e. The van der Waals surface area contributed by atoms with Crippen LogP contribution in [0.5, 0.6) is 0 Å². The second-order valence-corrected chi connectivity index (χ2v) is 6.97. The average molecular weight is 268 g/mol. The Balaban J connectivity index is 1.86. The summed E-state index contributed by atoms with van der Waals surface area (Å²) in [5.41, 5.74) is -0.866. The first-order chi connectivity index (χ1) is 8.69. The molecular formula is C14H24N2O3. The highest BCUT2D eigenvalue weighted by Gasteiger charge is 2.42. The van der Waals surface area contributed by atoms with E-state index in [9.17, 15) is 9.59 Å². The van der Waals surface area contributed by atoms with Crippen molar-refractivity contribution in [3.8, 4) is 0 Å². The summed E-state index contributed by atoms with van der Waals surface area (Å²) in [6, 6.07) is 0. The molecule has 0 unspecified atom stereocenters. The Labute approximate surface area is 114 Å². The van der Waals surface area contributed by atoms with Crippen molar-refractivity contribution >= 4 is 12.0 Å². The Morgan fingerprint density at radius 3 is 2.47 bits per heavy atom. The van der Waals surface area contributed by atoms with Crippen LogP contribution in [-0.2, 0) is 9.53 Å². The zero-order valence-electron chi connectivity index (χ0n) is 12.3. The molecule has 0 bridgehead atoms. The van der Waals surface area contributed by atoms with E-state index in [1.54, 1.807) is 0 Å². The lowest BCUT2D eigenvalue weighted by Gasteiger charge is -2.28. The number of ether oxygens (including phenoxy) is 1. The fourth-order valence-corrected chi connectivity index (χ4v) is 2.39. The quantitative estimate of drug-likeness (QED) is 0.832. The van der Waals surface area contributed by atoms with E-state index in [2.05, 4.69) is 5.32 Å². The maximum atomic E-state index is 12.0. The van der Waals surface area contributed by atoms with E-state index >= 15 is 0 Å². The van der Waals surface area contributed by atoms with Gasteiger partial charge in [-0.25, -0.2) is 4.79 Å². The zero-order chi connectivity index (χ0) is 14.3. The first kappa shape index (κ1) is 14.2. The van der Waals surface area contributed by atoms with E-state index in [1.165, 1.54) is 0 Å². The molecule has 0 aromatic carbocycles. The number of nitrogens with zero attached hydrogens (tertiary/aromatic N) is 1. The molecule has 1 N–H and O–H groups in total. The third-order valence-electron chi connectivity index (χ3n) is 3.51. The lowest BCUT2D eigenvalue weighted by atomic mass is 10.0. The fourth-order valence-electron chi connectivity index (χ4n) is 2.39. The summed E-state index contributed by atoms with van der Waals surface area (Å²) in [5.74, 6) is 0.485. The molecule has 0 spiro atoms. The van der Waals surface area contributed by atoms with Crippen LogP contribution in [0, 0.1) is 5.92 Å². The Bertz CT molecular complexity index is 385. The van der Waals surface area contributed by atoms with Crippen molar-refractivity contribution in [3.63, 3.8) is 0 Å². The van der Waals surface area contributed by atoms with Crippen molar-refractivity contribution in [3.05, 3.63) is 0 Å². The number of amides is 2. The third-order valence-corrected chi connectivity index (χ3v) is 3.51. The number of rotatable bonds is 2. The molecule has 0 aromatic heterocycles. The molecular weight excluding hydrogens is 244 g/mol. The van der Waals surface area contributed by atoms with Crippen LogP contribution in [0.2, 0.25) is 0 Å². The average Bonchev–Trinajstić information content (AvgIpc) is 2.99. The van der Waals surface area contributed by atoms with Gasteiger partial charge in [-0.3, -0.25) is 4.79 Å². The number of carbonyl (C=O) groups is 2. The van der Waals surface area contributed by atoms with Gasteiger partial charge in [0.25, 0.3) is 0 Å². The monoisotopic (exact) mass is 268 g/mol. The highest BCUT2D eigenvalue weighted by atomic mass is 16.6. The number of hydrogen-bond donors (Lipinski definition) is 1. The van der Waals surface area contributed by atoms with Gasteiger partial charge in [-0.15, -0.1) is 0 Å². The SMILES string of the molecule is CC(C)(C)OC(=O)N[C@]1(C)CCN(C(=O)C2CC2)C1. The second kappa shape index (κ2) is 4.69. The van der Waals surface area contributed by atoms with Gasteiger partial charge < -0.3 is 15.0 Å². The number of carbonyl (C=O) groups excluding carboxylic acids is 2. The van der Waals surface area contributed by atoms with E-state index in [1.807, 2.05) is 32.6 Å². The van der Waals surface area contributed by atoms with Gasteiger partial charge in [0.05, 0.1) is 5.54 Å². The fraction of sp³-hybridized carbons (Fsp3) is 0.857. The topological polar surface area (TPSA) is 58.6 Å². The third kappa shape index (κ3) is 3.85. The van der Waals surface area contributed by atoms with Crippen LogP contribution < -0.4 is 5.32 Å². The molecule has 0 aromatic rings. The normalized spacial score (nSPS) is 27.3. The first-order valence-electron chi connectivity index (χ1n) is 6.98. The Morgan fingerprint density at radius 1 is 1.32 bits per heavy atom. The number of likely N-dealkylation sites (tertiary alicyclic amines) is 1. The molecule has 1 saturated heterocycles. The van der Waals surface area contributed by atoms with Crippen molar-refractivity contribution < 1.29 is 14.3 Å². The van der Waals surface area contributed by atoms with Crippen LogP contribution in [-0.4, -0.2) is 41.1 Å². The van der Waals surface area contributed by atoms with Crippen molar-refractivity contribution in [1.82, 2.24) is 10.2 Å². The van der Waals surface area contributed by atoms with Crippen LogP contribution in [0.15, 0.2) is 0 Å². The van der Waals surface area contributed by atoms with Crippen molar-refractivity contribution in [1.29, 1.82) is 0 Å². The van der Waals surface area contributed by atoms with Crippen molar-refractivity contribution in [2.75, 3.05) is 13.1 Å². The van der Waals surface area contributed by atoms with Gasteiger partial charge in [-0.1, -0.05) is 0 Å². The molecule has 2 fully saturated rings. The van der Waals surface area contributed by atoms with Gasteiger partial charge in [-0.05, 0) is 47.0 Å². The molecule has 108 valence electrons. The first-order valence-corrected chi connectivity index (χ1v) is 6.98. The summed E-state index contributed by atoms with van der Waals surface area (Å²) in [7, 11) is 0. The van der Waals surface area contributed by atoms with Gasteiger partial charge in [0.15, 0.2) is 0 Å². The molecule has 2 aliphatic rings. The van der Waals surface area contributed by atoms with E-state index in [0.717, 1.165) is 25.8 Å². The Kier molecular flexibility index (Phi) is 3.49. The summed E-state index contributed by atoms with van der Waals surface area (Å²) in [6.45, 7) is 8.80. The second-order valence-electron chi connectivity index (χ2n) is 6.97. The van der Waals surface area contributed by atoms with E-state index < -0.39 is 11.7 Å². The van der Waals surface area contributed by atoms with Crippen LogP contribution in [0.4, 0.5) is 4.79 Å². The van der Waals surface area contributed by atoms with E-state index in [0.29, 0.717) is 6.54 Å². The minimum atomic E-state index is -0.497. The summed E-state index contributed by atoms with van der Waals surface area (Å²) in [6.07, 6.45) is 2.41. The predicted molar refractivity (Wildman–Crippen MR) is 71.7 cm³/mol. The summed E-state index contributed by atoms with van der Waals surface area (Å²) in [5, 5.41) is 2.90. The minimum absolute atomic E-state index is 0.240. The molecule has 5 heteroatoms. The highest BCUT2D eigenvalue weighted by Crippen LogP contribution is 2.33. The largest absolute Gasteiger partial charge is 0.444 e. The van der Waals surface area contributed by atoms with Crippen molar-refractivity contribution in [2.24, 2.45) is 5.92 Å². The molecule has 1 heterocycles. The van der Waals surface area contributed by atoms with Gasteiger partial charge in [0.1, 0.15) is 5.60 Å². The number of nitrogens with one attached hydrogen (secondary N) is 1. The van der Waals surface area contributed by atoms with E-state index in [4.69, 9.17) is 4.74 Å². The lowest BCUT2D eigenvalue weighted by molar-refractivity contribution is -0.131. The maximum Gasteiger partial charge on any atom is 0.408 e. The molecule has 1 aliphatic heterocycles. The molecule has 1 saturated carbocycles. The molecule has 5 nitrogen and oxygen atoms in total. The zero-order valence-corrected chi connectivity index (χ0v) is 12.3. The van der Waals surface area contributed by atoms with Crippen LogP contribution in [0.25, 0.3) is 0 Å². The number of hydrogen-bond acceptors (Lipinski definition) is 3. The maximum absolute atomic E-state index is 12.0. The standard InChI is InChI=1S/C14H24N2O3/c1-13(2,3)19-12(18)15-14(4)7-8-16(9-14)11(17)10-5-6-10/h10H,5-9H2,1-4H3,(H,15,18)/t14-/m1/s1. The molecule has 2 amide bonds. The molecule has 19 heavy (non-hydrogen) atoms. The van der Waals surface area contributed by atoms with Gasteiger partial charge in [-0.2, -0.15) is 0 Å². The van der Waals surface area contributed by atoms with Crippen LogP contribution >= 0.6 is 0 Å². The van der Waals surface area contributed by atoms with E-state index in [-0.39, 0.29) is 17.4 Å². The Morgan fingerprint density at radius 2 is 1.95 bits per heavy atom. The van der Waals surface area contributed by atoms with Gasteiger partial charge >= 0.3 is 6.09 Å². The predicted octanol–water partition coefficient (Wildman–Crippen LogP) is 1.91. The van der Waals surface area contributed by atoms with Gasteiger partial charge in [0.2, 0.25) is 5.91 Å². The van der Waals surface area contributed by atoms with Crippen molar-refractivity contribution in [2.45, 2.75) is 58.1 Å². The summed E-state index contributed by atoms with van der Waals surface area (Å²) < 4.78 is 5.27. The summed E-state index contributed by atoms with van der Waals surface area (Å²) in [4.78, 5) is 25.7. The molecule has 0 radical (unpaired) electrons. The van der Waals surface area contributed by atoms with Gasteiger partial charge in [0, 0.05) is 19.0 Å². The highest BCUT2D eigenvalue weighted by molar-refractivity contribution is 5.81. The van der Waals surface area contributed by atoms with Crippen LogP contribution in [0.3, 0.4) is 0 Å². The smallest absolute Gasteiger partial charge is 0.408 e. The molecule has 1 aliphatic carbocycles. The number of alkyl carbamates (subject to hydrolysis) is 1. The molecule has 1 atom stereocenters. The molecule has 2 rings (SSSR count). The van der Waals surface area contributed by atoms with Crippen LogP contribution in [0.1, 0.15) is 47.0 Å². The Hall–Kier alpha value is -1.26. The summed E-state index contributed by atoms with van der Waals surface area (Å²) >= 11 is 0. The lowest BCUT2D eigenvalue weighted by Crippen LogP contribution is -2.50.